The molecule has 0 spiro atoms. The van der Waals surface area contributed by atoms with Gasteiger partial charge >= 0.3 is 0 Å². The number of methoxy groups -OCH3 is 1. The molecule has 2 aromatic rings. The molecule has 0 aliphatic carbocycles. The normalized spacial score (nSPS) is 15.8. The van der Waals surface area contributed by atoms with Crippen LogP contribution in [0, 0.1) is 0 Å². The molecule has 24 heavy (non-hydrogen) atoms. The number of aromatic hydroxyl groups is 1. The van der Waals surface area contributed by atoms with Gasteiger partial charge in [0.05, 0.1) is 12.8 Å². The van der Waals surface area contributed by atoms with E-state index in [2.05, 4.69) is 5.43 Å². The number of halogens is 1. The van der Waals surface area contributed by atoms with E-state index in [-0.39, 0.29) is 22.6 Å². The van der Waals surface area contributed by atoms with Gasteiger partial charge in [0.15, 0.2) is 11.5 Å². The lowest BCUT2D eigenvalue weighted by Gasteiger charge is -2.13. The molecular weight excluding hydrogens is 332 g/mol. The molecule has 0 unspecified atom stereocenters. The number of amides is 2. The molecule has 0 atom stereocenters. The lowest BCUT2D eigenvalue weighted by molar-refractivity contribution is -0.117. The molecule has 0 bridgehead atoms. The summed E-state index contributed by atoms with van der Waals surface area (Å²) in [5.74, 6) is -1.14. The van der Waals surface area contributed by atoms with Crippen LogP contribution in [0.25, 0.3) is 6.08 Å². The number of phenolic OH excluding ortho intramolecular Hbond substituents is 1. The van der Waals surface area contributed by atoms with Crippen LogP contribution in [0.2, 0.25) is 5.02 Å². The van der Waals surface area contributed by atoms with E-state index in [0.29, 0.717) is 10.7 Å². The number of ether oxygens (including phenoxy) is 1. The first-order valence-electron chi connectivity index (χ1n) is 7.00. The van der Waals surface area contributed by atoms with Crippen LogP contribution < -0.4 is 15.2 Å². The van der Waals surface area contributed by atoms with E-state index in [1.807, 2.05) is 0 Å². The van der Waals surface area contributed by atoms with Crippen LogP contribution in [-0.4, -0.2) is 24.0 Å². The predicted molar refractivity (Wildman–Crippen MR) is 89.7 cm³/mol. The number of hydrazine groups is 1. The van der Waals surface area contributed by atoms with Gasteiger partial charge in [-0.1, -0.05) is 29.8 Å². The summed E-state index contributed by atoms with van der Waals surface area (Å²) in [4.78, 5) is 24.6. The quantitative estimate of drug-likeness (QED) is 0.662. The third-order valence-electron chi connectivity index (χ3n) is 3.49. The molecule has 1 heterocycles. The second-order valence-electron chi connectivity index (χ2n) is 5.02. The molecule has 1 aliphatic heterocycles. The van der Waals surface area contributed by atoms with Gasteiger partial charge in [-0.05, 0) is 24.3 Å². The van der Waals surface area contributed by atoms with Gasteiger partial charge in [0.1, 0.15) is 5.57 Å². The summed E-state index contributed by atoms with van der Waals surface area (Å²) < 4.78 is 5.02. The molecule has 2 amide bonds. The molecule has 1 aliphatic rings. The van der Waals surface area contributed by atoms with Crippen molar-refractivity contribution in [2.24, 2.45) is 0 Å². The number of benzene rings is 2. The largest absolute Gasteiger partial charge is 0.504 e. The fraction of sp³-hybridized carbons (Fsp3) is 0.0588. The van der Waals surface area contributed by atoms with Crippen molar-refractivity contribution in [3.63, 3.8) is 0 Å². The van der Waals surface area contributed by atoms with Crippen LogP contribution in [0.4, 0.5) is 5.69 Å². The van der Waals surface area contributed by atoms with Crippen molar-refractivity contribution in [3.8, 4) is 11.5 Å². The Balaban J connectivity index is 2.01. The van der Waals surface area contributed by atoms with E-state index in [9.17, 15) is 14.7 Å². The second kappa shape index (κ2) is 6.25. The van der Waals surface area contributed by atoms with Crippen LogP contribution in [0.1, 0.15) is 5.56 Å². The minimum atomic E-state index is -0.567. The smallest absolute Gasteiger partial charge is 0.282 e. The zero-order valence-corrected chi connectivity index (χ0v) is 13.4. The van der Waals surface area contributed by atoms with Gasteiger partial charge in [0, 0.05) is 16.7 Å². The van der Waals surface area contributed by atoms with Gasteiger partial charge < -0.3 is 9.84 Å². The maximum absolute atomic E-state index is 12.5. The molecule has 0 radical (unpaired) electrons. The van der Waals surface area contributed by atoms with Crippen molar-refractivity contribution in [2.75, 3.05) is 12.1 Å². The molecule has 1 fully saturated rings. The third-order valence-corrected chi connectivity index (χ3v) is 3.71. The Bertz CT molecular complexity index is 849. The van der Waals surface area contributed by atoms with Crippen molar-refractivity contribution in [1.29, 1.82) is 0 Å². The number of carbonyl (C=O) groups is 2. The van der Waals surface area contributed by atoms with Crippen LogP contribution in [0.5, 0.6) is 11.5 Å². The number of anilines is 1. The SMILES string of the molecule is COc1cc(Cl)cc(/C=C2/C(=O)NN(c3ccccc3)C2=O)c1O. The molecule has 7 heteroatoms. The van der Waals surface area contributed by atoms with Gasteiger partial charge in [0.25, 0.3) is 11.8 Å². The fourth-order valence-electron chi connectivity index (χ4n) is 2.33. The second-order valence-corrected chi connectivity index (χ2v) is 5.46. The lowest BCUT2D eigenvalue weighted by Crippen LogP contribution is -2.35. The Morgan fingerprint density at radius 1 is 1.21 bits per heavy atom. The molecule has 0 aromatic heterocycles. The summed E-state index contributed by atoms with van der Waals surface area (Å²) in [6, 6.07) is 11.6. The molecular formula is C17H13ClN2O4. The van der Waals surface area contributed by atoms with Crippen LogP contribution in [0.15, 0.2) is 48.0 Å². The molecule has 2 aromatic carbocycles. The molecule has 0 saturated carbocycles. The molecule has 3 rings (SSSR count). The third kappa shape index (κ3) is 2.79. The summed E-state index contributed by atoms with van der Waals surface area (Å²) in [6.45, 7) is 0. The van der Waals surface area contributed by atoms with Gasteiger partial charge in [0.2, 0.25) is 0 Å². The first-order chi connectivity index (χ1) is 11.5. The van der Waals surface area contributed by atoms with E-state index < -0.39 is 11.8 Å². The van der Waals surface area contributed by atoms with Crippen molar-refractivity contribution in [2.45, 2.75) is 0 Å². The highest BCUT2D eigenvalue weighted by Gasteiger charge is 2.34. The van der Waals surface area contributed by atoms with E-state index in [4.69, 9.17) is 16.3 Å². The van der Waals surface area contributed by atoms with Gasteiger partial charge in [-0.15, -0.1) is 0 Å². The number of hydrogen-bond donors (Lipinski definition) is 2. The number of nitrogens with one attached hydrogen (secondary N) is 1. The minimum Gasteiger partial charge on any atom is -0.504 e. The monoisotopic (exact) mass is 344 g/mol. The lowest BCUT2D eigenvalue weighted by atomic mass is 10.1. The van der Waals surface area contributed by atoms with Crippen molar-refractivity contribution in [1.82, 2.24) is 5.43 Å². The van der Waals surface area contributed by atoms with Crippen LogP contribution in [-0.2, 0) is 9.59 Å². The predicted octanol–water partition coefficient (Wildman–Crippen LogP) is 2.52. The Kier molecular flexibility index (Phi) is 4.14. The van der Waals surface area contributed by atoms with Crippen LogP contribution in [0.3, 0.4) is 0 Å². The Hall–Kier alpha value is -2.99. The maximum Gasteiger partial charge on any atom is 0.282 e. The summed E-state index contributed by atoms with van der Waals surface area (Å²) >= 11 is 5.97. The number of para-hydroxylation sites is 1. The summed E-state index contributed by atoms with van der Waals surface area (Å²) in [5.41, 5.74) is 3.12. The number of rotatable bonds is 3. The Morgan fingerprint density at radius 2 is 1.92 bits per heavy atom. The Labute approximate surface area is 142 Å². The molecule has 122 valence electrons. The van der Waals surface area contributed by atoms with Crippen LogP contribution >= 0.6 is 11.6 Å². The number of carbonyl (C=O) groups excluding carboxylic acids is 2. The highest BCUT2D eigenvalue weighted by atomic mass is 35.5. The maximum atomic E-state index is 12.5. The van der Waals surface area contributed by atoms with E-state index in [1.54, 1.807) is 30.3 Å². The highest BCUT2D eigenvalue weighted by molar-refractivity contribution is 6.32. The number of phenols is 1. The van der Waals surface area contributed by atoms with Crippen molar-refractivity contribution < 1.29 is 19.4 Å². The summed E-state index contributed by atoms with van der Waals surface area (Å²) in [7, 11) is 1.38. The molecule has 6 nitrogen and oxygen atoms in total. The zero-order chi connectivity index (χ0) is 17.3. The standard InChI is InChI=1S/C17H13ClN2O4/c1-24-14-9-11(18)7-10(15(14)21)8-13-16(22)19-20(17(13)23)12-5-3-2-4-6-12/h2-9,21H,1H3,(H,19,22)/b13-8-. The topological polar surface area (TPSA) is 78.9 Å². The highest BCUT2D eigenvalue weighted by Crippen LogP contribution is 2.35. The first kappa shape index (κ1) is 15.9. The van der Waals surface area contributed by atoms with E-state index in [1.165, 1.54) is 25.3 Å². The van der Waals surface area contributed by atoms with Gasteiger partial charge in [-0.25, -0.2) is 5.01 Å². The van der Waals surface area contributed by atoms with Gasteiger partial charge in [-0.2, -0.15) is 0 Å². The average molecular weight is 345 g/mol. The van der Waals surface area contributed by atoms with E-state index >= 15 is 0 Å². The molecule has 2 N–H and O–H groups in total. The zero-order valence-electron chi connectivity index (χ0n) is 12.6. The summed E-state index contributed by atoms with van der Waals surface area (Å²) in [6.07, 6.45) is 1.28. The summed E-state index contributed by atoms with van der Waals surface area (Å²) in [5, 5.41) is 11.6. The van der Waals surface area contributed by atoms with Crippen molar-refractivity contribution in [3.05, 3.63) is 58.6 Å². The number of hydrogen-bond acceptors (Lipinski definition) is 4. The first-order valence-corrected chi connectivity index (χ1v) is 7.37. The average Bonchev–Trinajstić information content (AvgIpc) is 2.86. The van der Waals surface area contributed by atoms with E-state index in [0.717, 1.165) is 5.01 Å². The molecule has 1 saturated heterocycles. The fourth-order valence-corrected chi connectivity index (χ4v) is 2.55. The van der Waals surface area contributed by atoms with Gasteiger partial charge in [-0.3, -0.25) is 15.0 Å². The van der Waals surface area contributed by atoms with Crippen molar-refractivity contribution >= 4 is 35.2 Å². The Morgan fingerprint density at radius 3 is 2.58 bits per heavy atom. The number of nitrogens with zero attached hydrogens (tertiary/aromatic N) is 1. The minimum absolute atomic E-state index is 0.113.